The van der Waals surface area contributed by atoms with Crippen LogP contribution in [0.25, 0.3) is 0 Å². The molecule has 0 heterocycles. The van der Waals surface area contributed by atoms with Gasteiger partial charge in [0.25, 0.3) is 0 Å². The molecule has 1 aromatic carbocycles. The lowest BCUT2D eigenvalue weighted by molar-refractivity contribution is -0.145. The Balaban J connectivity index is 2.75. The molecule has 0 spiro atoms. The van der Waals surface area contributed by atoms with E-state index in [4.69, 9.17) is 15.6 Å². The van der Waals surface area contributed by atoms with Crippen LogP contribution < -0.4 is 10.5 Å². The maximum absolute atomic E-state index is 13.2. The van der Waals surface area contributed by atoms with Crippen LogP contribution in [0.15, 0.2) is 18.2 Å². The van der Waals surface area contributed by atoms with Gasteiger partial charge < -0.3 is 15.6 Å². The molecule has 0 amide bonds. The van der Waals surface area contributed by atoms with Crippen LogP contribution in [0.1, 0.15) is 12.8 Å². The van der Waals surface area contributed by atoms with Gasteiger partial charge in [0.2, 0.25) is 0 Å². The first-order valence-corrected chi connectivity index (χ1v) is 5.09. The van der Waals surface area contributed by atoms with Gasteiger partial charge in [-0.25, -0.2) is 13.6 Å². The van der Waals surface area contributed by atoms with E-state index in [1.54, 1.807) is 0 Å². The number of rotatable bonds is 6. The number of halogens is 2. The predicted molar refractivity (Wildman–Crippen MR) is 56.7 cm³/mol. The maximum Gasteiger partial charge on any atom is 0.344 e. The number of nitrogens with two attached hydrogens (primary N) is 1. The molecule has 1 atom stereocenters. The van der Waals surface area contributed by atoms with E-state index in [2.05, 4.69) is 0 Å². The summed E-state index contributed by atoms with van der Waals surface area (Å²) in [6, 6.07) is 2.69. The van der Waals surface area contributed by atoms with Crippen LogP contribution in [-0.4, -0.2) is 23.7 Å². The third-order valence-electron chi connectivity index (χ3n) is 2.11. The number of carboxylic acids is 1. The smallest absolute Gasteiger partial charge is 0.344 e. The lowest BCUT2D eigenvalue weighted by Crippen LogP contribution is -2.28. The molecule has 1 aromatic rings. The third-order valence-corrected chi connectivity index (χ3v) is 2.11. The summed E-state index contributed by atoms with van der Waals surface area (Å²) in [6.07, 6.45) is -0.568. The molecule has 1 rings (SSSR count). The first-order chi connectivity index (χ1) is 8.04. The number of carbonyl (C=O) groups is 1. The molecule has 0 aliphatic carbocycles. The molecule has 0 aromatic heterocycles. The SMILES string of the molecule is NCCCC(Oc1ccc(F)cc1F)C(=O)O. The monoisotopic (exact) mass is 245 g/mol. The molecule has 0 fully saturated rings. The molecule has 0 bridgehead atoms. The fourth-order valence-corrected chi connectivity index (χ4v) is 1.26. The summed E-state index contributed by atoms with van der Waals surface area (Å²) < 4.78 is 30.8. The largest absolute Gasteiger partial charge is 0.479 e. The lowest BCUT2D eigenvalue weighted by atomic mass is 10.2. The van der Waals surface area contributed by atoms with Crippen molar-refractivity contribution in [1.82, 2.24) is 0 Å². The molecular formula is C11H13F2NO3. The van der Waals surface area contributed by atoms with E-state index in [1.807, 2.05) is 0 Å². The Labute approximate surface area is 97.0 Å². The summed E-state index contributed by atoms with van der Waals surface area (Å²) in [5.41, 5.74) is 5.25. The van der Waals surface area contributed by atoms with Gasteiger partial charge in [0.05, 0.1) is 0 Å². The summed E-state index contributed by atoms with van der Waals surface area (Å²) in [5, 5.41) is 8.84. The Hall–Kier alpha value is -1.69. The van der Waals surface area contributed by atoms with Gasteiger partial charge in [-0.3, -0.25) is 0 Å². The Morgan fingerprint density at radius 1 is 1.47 bits per heavy atom. The molecule has 0 saturated carbocycles. The average Bonchev–Trinajstić information content (AvgIpc) is 2.26. The van der Waals surface area contributed by atoms with Crippen molar-refractivity contribution in [2.45, 2.75) is 18.9 Å². The van der Waals surface area contributed by atoms with Gasteiger partial charge >= 0.3 is 5.97 Å². The second-order valence-corrected chi connectivity index (χ2v) is 3.45. The van der Waals surface area contributed by atoms with Gasteiger partial charge in [0, 0.05) is 6.07 Å². The van der Waals surface area contributed by atoms with Crippen LogP contribution in [0, 0.1) is 11.6 Å². The van der Waals surface area contributed by atoms with Crippen molar-refractivity contribution in [2.24, 2.45) is 5.73 Å². The van der Waals surface area contributed by atoms with Crippen LogP contribution in [0.4, 0.5) is 8.78 Å². The van der Waals surface area contributed by atoms with Crippen molar-refractivity contribution in [3.8, 4) is 5.75 Å². The molecule has 0 saturated heterocycles. The number of hydrogen-bond acceptors (Lipinski definition) is 3. The van der Waals surface area contributed by atoms with E-state index < -0.39 is 23.7 Å². The second kappa shape index (κ2) is 6.15. The minimum absolute atomic E-state index is 0.169. The van der Waals surface area contributed by atoms with Gasteiger partial charge in [-0.2, -0.15) is 0 Å². The van der Waals surface area contributed by atoms with Crippen molar-refractivity contribution in [2.75, 3.05) is 6.54 Å². The van der Waals surface area contributed by atoms with Gasteiger partial charge in [0.1, 0.15) is 5.82 Å². The zero-order chi connectivity index (χ0) is 12.8. The summed E-state index contributed by atoms with van der Waals surface area (Å²) in [5.74, 6) is -3.16. The quantitative estimate of drug-likeness (QED) is 0.797. The Morgan fingerprint density at radius 3 is 2.71 bits per heavy atom. The van der Waals surface area contributed by atoms with Crippen molar-refractivity contribution in [1.29, 1.82) is 0 Å². The van der Waals surface area contributed by atoms with Crippen LogP contribution in [0.2, 0.25) is 0 Å². The van der Waals surface area contributed by atoms with E-state index in [1.165, 1.54) is 0 Å². The average molecular weight is 245 g/mol. The highest BCUT2D eigenvalue weighted by Crippen LogP contribution is 2.20. The number of ether oxygens (including phenoxy) is 1. The molecule has 0 aliphatic heterocycles. The van der Waals surface area contributed by atoms with E-state index in [0.29, 0.717) is 19.0 Å². The van der Waals surface area contributed by atoms with E-state index in [0.717, 1.165) is 12.1 Å². The Morgan fingerprint density at radius 2 is 2.18 bits per heavy atom. The molecule has 6 heteroatoms. The van der Waals surface area contributed by atoms with Crippen LogP contribution >= 0.6 is 0 Å². The molecule has 0 radical (unpaired) electrons. The fourth-order valence-electron chi connectivity index (χ4n) is 1.26. The fraction of sp³-hybridized carbons (Fsp3) is 0.364. The predicted octanol–water partition coefficient (Wildman–Crippen LogP) is 1.54. The highest BCUT2D eigenvalue weighted by molar-refractivity contribution is 5.72. The first-order valence-electron chi connectivity index (χ1n) is 5.09. The standard InChI is InChI=1S/C11H13F2NO3/c12-7-3-4-9(8(13)6-7)17-10(11(15)16)2-1-5-14/h3-4,6,10H,1-2,5,14H2,(H,15,16). The van der Waals surface area contributed by atoms with Crippen molar-refractivity contribution in [3.63, 3.8) is 0 Å². The number of hydrogen-bond donors (Lipinski definition) is 2. The van der Waals surface area contributed by atoms with Crippen molar-refractivity contribution < 1.29 is 23.4 Å². The summed E-state index contributed by atoms with van der Waals surface area (Å²) >= 11 is 0. The normalized spacial score (nSPS) is 12.2. The van der Waals surface area contributed by atoms with E-state index in [-0.39, 0.29) is 12.2 Å². The summed E-state index contributed by atoms with van der Waals surface area (Å²) in [6.45, 7) is 0.318. The Bertz CT molecular complexity index is 398. The molecule has 17 heavy (non-hydrogen) atoms. The maximum atomic E-state index is 13.2. The summed E-state index contributed by atoms with van der Waals surface area (Å²) in [7, 11) is 0. The van der Waals surface area contributed by atoms with Gasteiger partial charge in [-0.1, -0.05) is 0 Å². The zero-order valence-electron chi connectivity index (χ0n) is 9.03. The minimum atomic E-state index is -1.21. The lowest BCUT2D eigenvalue weighted by Gasteiger charge is -2.15. The van der Waals surface area contributed by atoms with Gasteiger partial charge in [-0.05, 0) is 31.5 Å². The van der Waals surface area contributed by atoms with Crippen LogP contribution in [0.5, 0.6) is 5.75 Å². The molecular weight excluding hydrogens is 232 g/mol. The van der Waals surface area contributed by atoms with Crippen LogP contribution in [-0.2, 0) is 4.79 Å². The zero-order valence-corrected chi connectivity index (χ0v) is 9.03. The topological polar surface area (TPSA) is 72.5 Å². The third kappa shape index (κ3) is 3.99. The van der Waals surface area contributed by atoms with E-state index >= 15 is 0 Å². The Kier molecular flexibility index (Phi) is 4.84. The second-order valence-electron chi connectivity index (χ2n) is 3.45. The number of carboxylic acid groups (broad SMARTS) is 1. The highest BCUT2D eigenvalue weighted by atomic mass is 19.1. The molecule has 0 aliphatic rings. The number of benzene rings is 1. The molecule has 1 unspecified atom stereocenters. The number of aliphatic carboxylic acids is 1. The minimum Gasteiger partial charge on any atom is -0.479 e. The van der Waals surface area contributed by atoms with Crippen LogP contribution in [0.3, 0.4) is 0 Å². The van der Waals surface area contributed by atoms with Gasteiger partial charge in [0.15, 0.2) is 17.7 Å². The molecule has 94 valence electrons. The molecule has 3 N–H and O–H groups in total. The van der Waals surface area contributed by atoms with Crippen molar-refractivity contribution >= 4 is 5.97 Å². The first kappa shape index (κ1) is 13.4. The van der Waals surface area contributed by atoms with Crippen molar-refractivity contribution in [3.05, 3.63) is 29.8 Å². The van der Waals surface area contributed by atoms with Gasteiger partial charge in [-0.15, -0.1) is 0 Å². The highest BCUT2D eigenvalue weighted by Gasteiger charge is 2.20. The summed E-state index contributed by atoms with van der Waals surface area (Å²) in [4.78, 5) is 10.8. The van der Waals surface area contributed by atoms with E-state index in [9.17, 15) is 13.6 Å². The molecule has 4 nitrogen and oxygen atoms in total.